The normalized spacial score (nSPS) is 10.0. The molecule has 0 aromatic carbocycles. The lowest BCUT2D eigenvalue weighted by Crippen LogP contribution is -1.76. The first-order valence-electron chi connectivity index (χ1n) is 4.19. The highest BCUT2D eigenvalue weighted by atomic mass is 13.9. The van der Waals surface area contributed by atoms with Crippen LogP contribution < -0.4 is 0 Å². The summed E-state index contributed by atoms with van der Waals surface area (Å²) in [6.07, 6.45) is 10.6. The molecule has 0 aliphatic carbocycles. The maximum absolute atomic E-state index is 2.26. The molecule has 0 atom stereocenters. The van der Waals surface area contributed by atoms with Crippen LogP contribution in [0.4, 0.5) is 0 Å². The third kappa shape index (κ3) is 8.00. The van der Waals surface area contributed by atoms with Gasteiger partial charge in [0, 0.05) is 0 Å². The fourth-order valence-corrected chi connectivity index (χ4v) is 0.952. The summed E-state index contributed by atoms with van der Waals surface area (Å²) in [6.45, 7) is 4.39. The predicted molar refractivity (Wildman–Crippen MR) is 43.4 cm³/mol. The van der Waals surface area contributed by atoms with Crippen LogP contribution in [0.2, 0.25) is 0 Å². The van der Waals surface area contributed by atoms with E-state index < -0.39 is 0 Å². The van der Waals surface area contributed by atoms with E-state index >= 15 is 0 Å². The van der Waals surface area contributed by atoms with Gasteiger partial charge in [-0.05, 0) is 6.42 Å². The van der Waals surface area contributed by atoms with Gasteiger partial charge in [-0.25, -0.2) is 0 Å². The zero-order valence-corrected chi connectivity index (χ0v) is 6.82. The molecule has 0 spiro atoms. The van der Waals surface area contributed by atoms with Gasteiger partial charge in [0.05, 0.1) is 0 Å². The number of hydrogen-bond acceptors (Lipinski definition) is 0. The van der Waals surface area contributed by atoms with Crippen molar-refractivity contribution < 1.29 is 0 Å². The van der Waals surface area contributed by atoms with Gasteiger partial charge in [-0.1, -0.05) is 52.4 Å². The molecule has 0 aliphatic heterocycles. The van der Waals surface area contributed by atoms with E-state index in [1.54, 1.807) is 0 Å². The van der Waals surface area contributed by atoms with Crippen molar-refractivity contribution in [1.82, 2.24) is 0 Å². The van der Waals surface area contributed by atoms with Crippen LogP contribution >= 0.6 is 0 Å². The van der Waals surface area contributed by atoms with Crippen molar-refractivity contribution in [3.05, 3.63) is 6.42 Å². The van der Waals surface area contributed by atoms with E-state index in [1.807, 2.05) is 0 Å². The third-order valence-electron chi connectivity index (χ3n) is 1.60. The molecule has 0 aromatic heterocycles. The Hall–Kier alpha value is 0. The second-order valence-electron chi connectivity index (χ2n) is 2.61. The predicted octanol–water partition coefficient (Wildman–Crippen LogP) is 3.57. The van der Waals surface area contributed by atoms with Crippen LogP contribution in [-0.4, -0.2) is 0 Å². The van der Waals surface area contributed by atoms with Gasteiger partial charge in [0.2, 0.25) is 0 Å². The lowest BCUT2D eigenvalue weighted by Gasteiger charge is -1.95. The smallest absolute Gasteiger partial charge is 0.0417 e. The Labute approximate surface area is 59.7 Å². The zero-order valence-electron chi connectivity index (χ0n) is 6.82. The van der Waals surface area contributed by atoms with Crippen LogP contribution in [0, 0.1) is 6.42 Å². The Balaban J connectivity index is 2.60. The SMILES string of the molecule is C[CH]CCCCCCC. The molecule has 0 amide bonds. The van der Waals surface area contributed by atoms with Crippen LogP contribution in [0.3, 0.4) is 0 Å². The molecule has 0 heteroatoms. The van der Waals surface area contributed by atoms with Crippen molar-refractivity contribution in [2.45, 2.75) is 52.4 Å². The van der Waals surface area contributed by atoms with Crippen molar-refractivity contribution in [2.24, 2.45) is 0 Å². The second-order valence-corrected chi connectivity index (χ2v) is 2.61. The molecule has 0 bridgehead atoms. The van der Waals surface area contributed by atoms with E-state index in [4.69, 9.17) is 0 Å². The van der Waals surface area contributed by atoms with Crippen molar-refractivity contribution in [2.75, 3.05) is 0 Å². The second kappa shape index (κ2) is 8.00. The van der Waals surface area contributed by atoms with E-state index in [0.717, 1.165) is 0 Å². The topological polar surface area (TPSA) is 0 Å². The van der Waals surface area contributed by atoms with Crippen LogP contribution in [0.15, 0.2) is 0 Å². The first-order chi connectivity index (χ1) is 4.41. The maximum atomic E-state index is 2.26. The van der Waals surface area contributed by atoms with Gasteiger partial charge in [-0.2, -0.15) is 0 Å². The molecule has 55 valence electrons. The van der Waals surface area contributed by atoms with Gasteiger partial charge in [-0.3, -0.25) is 0 Å². The van der Waals surface area contributed by atoms with Crippen molar-refractivity contribution in [1.29, 1.82) is 0 Å². The summed E-state index contributed by atoms with van der Waals surface area (Å²) in [7, 11) is 0. The maximum Gasteiger partial charge on any atom is -0.0417 e. The molecule has 0 nitrogen and oxygen atoms in total. The Kier molecular flexibility index (Phi) is 8.00. The third-order valence-corrected chi connectivity index (χ3v) is 1.60. The molecular formula is C9H19. The molecule has 0 saturated carbocycles. The molecule has 0 N–H and O–H groups in total. The Bertz CT molecular complexity index is 33.3. The van der Waals surface area contributed by atoms with Crippen LogP contribution in [0.25, 0.3) is 0 Å². The fraction of sp³-hybridized carbons (Fsp3) is 0.889. The summed E-state index contributed by atoms with van der Waals surface area (Å²) < 4.78 is 0. The van der Waals surface area contributed by atoms with E-state index in [9.17, 15) is 0 Å². The van der Waals surface area contributed by atoms with Crippen molar-refractivity contribution in [3.8, 4) is 0 Å². The average Bonchev–Trinajstić information content (AvgIpc) is 1.89. The minimum atomic E-state index is 1.31. The summed E-state index contributed by atoms with van der Waals surface area (Å²) in [5, 5.41) is 0. The molecule has 1 radical (unpaired) electrons. The average molecular weight is 127 g/mol. The molecule has 0 rings (SSSR count). The van der Waals surface area contributed by atoms with Gasteiger partial charge >= 0.3 is 0 Å². The number of unbranched alkanes of at least 4 members (excludes halogenated alkanes) is 6. The van der Waals surface area contributed by atoms with E-state index in [0.29, 0.717) is 0 Å². The lowest BCUT2D eigenvalue weighted by atomic mass is 10.1. The van der Waals surface area contributed by atoms with Crippen LogP contribution in [-0.2, 0) is 0 Å². The molecule has 0 fully saturated rings. The first kappa shape index (κ1) is 9.00. The monoisotopic (exact) mass is 127 g/mol. The van der Waals surface area contributed by atoms with Crippen molar-refractivity contribution in [3.63, 3.8) is 0 Å². The van der Waals surface area contributed by atoms with Crippen molar-refractivity contribution >= 4 is 0 Å². The summed E-state index contributed by atoms with van der Waals surface area (Å²) in [6, 6.07) is 0. The van der Waals surface area contributed by atoms with Gasteiger partial charge < -0.3 is 0 Å². The van der Waals surface area contributed by atoms with Gasteiger partial charge in [-0.15, -0.1) is 0 Å². The van der Waals surface area contributed by atoms with E-state index in [-0.39, 0.29) is 0 Å². The molecule has 0 aliphatic rings. The summed E-state index contributed by atoms with van der Waals surface area (Å²) in [5.74, 6) is 0. The minimum Gasteiger partial charge on any atom is -0.0654 e. The molecular weight excluding hydrogens is 108 g/mol. The van der Waals surface area contributed by atoms with Gasteiger partial charge in [0.15, 0.2) is 0 Å². The zero-order chi connectivity index (χ0) is 6.95. The molecule has 0 saturated heterocycles. The minimum absolute atomic E-state index is 1.31. The quantitative estimate of drug-likeness (QED) is 0.478. The van der Waals surface area contributed by atoms with E-state index in [1.165, 1.54) is 38.5 Å². The highest BCUT2D eigenvalue weighted by Crippen LogP contribution is 2.05. The molecule has 0 unspecified atom stereocenters. The van der Waals surface area contributed by atoms with Crippen LogP contribution in [0.5, 0.6) is 0 Å². The number of rotatable bonds is 6. The molecule has 9 heavy (non-hydrogen) atoms. The molecule has 0 aromatic rings. The summed E-state index contributed by atoms with van der Waals surface area (Å²) in [4.78, 5) is 0. The largest absolute Gasteiger partial charge is 0.0654 e. The highest BCUT2D eigenvalue weighted by molar-refractivity contribution is 4.54. The summed E-state index contributed by atoms with van der Waals surface area (Å²) in [5.41, 5.74) is 0. The van der Waals surface area contributed by atoms with Gasteiger partial charge in [0.25, 0.3) is 0 Å². The van der Waals surface area contributed by atoms with Crippen LogP contribution in [0.1, 0.15) is 52.4 Å². The Morgan fingerprint density at radius 1 is 1.00 bits per heavy atom. The lowest BCUT2D eigenvalue weighted by molar-refractivity contribution is 0.629. The fourth-order valence-electron chi connectivity index (χ4n) is 0.952. The summed E-state index contributed by atoms with van der Waals surface area (Å²) >= 11 is 0. The van der Waals surface area contributed by atoms with Gasteiger partial charge in [0.1, 0.15) is 0 Å². The number of hydrogen-bond donors (Lipinski definition) is 0. The standard InChI is InChI=1S/C9H19/c1-3-5-7-9-8-6-4-2/h3H,4-9H2,1-2H3. The Morgan fingerprint density at radius 3 is 2.22 bits per heavy atom. The first-order valence-corrected chi connectivity index (χ1v) is 4.19. The molecule has 0 heterocycles. The van der Waals surface area contributed by atoms with E-state index in [2.05, 4.69) is 20.3 Å². The highest BCUT2D eigenvalue weighted by Gasteiger charge is 1.85. The Morgan fingerprint density at radius 2 is 1.67 bits per heavy atom.